The van der Waals surface area contributed by atoms with Crippen molar-refractivity contribution in [1.29, 1.82) is 0 Å². The second-order valence-corrected chi connectivity index (χ2v) is 10.4. The Kier molecular flexibility index (Phi) is 7.43. The zero-order valence-corrected chi connectivity index (χ0v) is 20.1. The van der Waals surface area contributed by atoms with Crippen molar-refractivity contribution in [3.8, 4) is 5.75 Å². The number of rotatable bonds is 6. The molecule has 0 saturated carbocycles. The van der Waals surface area contributed by atoms with Crippen LogP contribution in [0.4, 0.5) is 5.69 Å². The van der Waals surface area contributed by atoms with Crippen LogP contribution in [0.2, 0.25) is 5.02 Å². The Morgan fingerprint density at radius 1 is 1.06 bits per heavy atom. The van der Waals surface area contributed by atoms with Crippen LogP contribution in [0.15, 0.2) is 47.4 Å². The predicted molar refractivity (Wildman–Crippen MR) is 127 cm³/mol. The number of benzene rings is 2. The van der Waals surface area contributed by atoms with E-state index in [1.807, 2.05) is 24.3 Å². The lowest BCUT2D eigenvalue weighted by Crippen LogP contribution is -2.44. The van der Waals surface area contributed by atoms with Crippen LogP contribution in [0.3, 0.4) is 0 Å². The Hall–Kier alpha value is -2.33. The number of hydrogen-bond donors (Lipinski definition) is 1. The van der Waals surface area contributed by atoms with Gasteiger partial charge in [-0.05, 0) is 55.3 Å². The molecule has 1 N–H and O–H groups in total. The van der Waals surface area contributed by atoms with Crippen LogP contribution >= 0.6 is 11.6 Å². The van der Waals surface area contributed by atoms with Gasteiger partial charge in [0.1, 0.15) is 5.75 Å². The first-order chi connectivity index (χ1) is 15.9. The molecule has 33 heavy (non-hydrogen) atoms. The standard InChI is InChI=1S/C23H28ClN3O5S/c1-31-19-4-2-18(3-5-19)26-10-8-17(9-11-26)25-23(28)21-16-20(6-7-22(21)24)33(29,30)27-12-14-32-15-13-27/h2-7,16-17H,8-15H2,1H3,(H,25,28). The highest BCUT2D eigenvalue weighted by atomic mass is 35.5. The number of carbonyl (C=O) groups excluding carboxylic acids is 1. The third kappa shape index (κ3) is 5.43. The third-order valence-corrected chi connectivity index (χ3v) is 8.28. The smallest absolute Gasteiger partial charge is 0.253 e. The molecule has 0 atom stereocenters. The number of nitrogens with zero attached hydrogens (tertiary/aromatic N) is 2. The summed E-state index contributed by atoms with van der Waals surface area (Å²) in [5, 5.41) is 3.25. The molecule has 178 valence electrons. The molecule has 2 saturated heterocycles. The van der Waals surface area contributed by atoms with E-state index in [2.05, 4.69) is 10.2 Å². The van der Waals surface area contributed by atoms with Gasteiger partial charge in [0.15, 0.2) is 0 Å². The Morgan fingerprint density at radius 3 is 2.36 bits per heavy atom. The Morgan fingerprint density at radius 2 is 1.73 bits per heavy atom. The SMILES string of the molecule is COc1ccc(N2CCC(NC(=O)c3cc(S(=O)(=O)N4CCOCC4)ccc3Cl)CC2)cc1. The second-order valence-electron chi connectivity index (χ2n) is 8.09. The molecule has 8 nitrogen and oxygen atoms in total. The van der Waals surface area contributed by atoms with Crippen LogP contribution in [0.5, 0.6) is 5.75 Å². The molecular weight excluding hydrogens is 466 g/mol. The van der Waals surface area contributed by atoms with Crippen molar-refractivity contribution < 1.29 is 22.7 Å². The molecule has 0 aromatic heterocycles. The zero-order valence-electron chi connectivity index (χ0n) is 18.5. The lowest BCUT2D eigenvalue weighted by Gasteiger charge is -2.34. The number of amides is 1. The number of sulfonamides is 1. The van der Waals surface area contributed by atoms with Gasteiger partial charge in [-0.25, -0.2) is 8.42 Å². The number of ether oxygens (including phenoxy) is 2. The average molecular weight is 494 g/mol. The molecule has 0 spiro atoms. The van der Waals surface area contributed by atoms with E-state index in [1.54, 1.807) is 7.11 Å². The number of methoxy groups -OCH3 is 1. The van der Waals surface area contributed by atoms with Crippen molar-refractivity contribution in [3.63, 3.8) is 0 Å². The number of anilines is 1. The van der Waals surface area contributed by atoms with Gasteiger partial charge in [0.25, 0.3) is 5.91 Å². The molecule has 2 fully saturated rings. The summed E-state index contributed by atoms with van der Waals surface area (Å²) in [6.45, 7) is 2.90. The molecule has 0 bridgehead atoms. The Labute approximate surface area is 199 Å². The molecule has 2 aromatic carbocycles. The summed E-state index contributed by atoms with van der Waals surface area (Å²) in [4.78, 5) is 15.3. The normalized spacial score (nSPS) is 18.2. The first-order valence-corrected chi connectivity index (χ1v) is 12.8. The number of nitrogens with one attached hydrogen (secondary N) is 1. The van der Waals surface area contributed by atoms with Crippen LogP contribution < -0.4 is 15.0 Å². The van der Waals surface area contributed by atoms with Crippen LogP contribution in [-0.2, 0) is 14.8 Å². The predicted octanol–water partition coefficient (Wildman–Crippen LogP) is 2.77. The maximum Gasteiger partial charge on any atom is 0.253 e. The summed E-state index contributed by atoms with van der Waals surface area (Å²) in [6.07, 6.45) is 1.56. The molecule has 0 radical (unpaired) electrons. The van der Waals surface area contributed by atoms with E-state index < -0.39 is 10.0 Å². The van der Waals surface area contributed by atoms with Crippen molar-refractivity contribution in [2.45, 2.75) is 23.8 Å². The number of hydrogen-bond acceptors (Lipinski definition) is 6. The molecule has 0 aliphatic carbocycles. The number of morpholine rings is 1. The Bertz CT molecular complexity index is 1080. The molecule has 1 amide bonds. The maximum atomic E-state index is 13.0. The van der Waals surface area contributed by atoms with Gasteiger partial charge in [-0.15, -0.1) is 0 Å². The van der Waals surface area contributed by atoms with Crippen molar-refractivity contribution in [2.75, 3.05) is 51.4 Å². The number of carbonyl (C=O) groups is 1. The molecule has 10 heteroatoms. The summed E-state index contributed by atoms with van der Waals surface area (Å²) in [7, 11) is -2.07. The van der Waals surface area contributed by atoms with Crippen LogP contribution in [-0.4, -0.2) is 71.2 Å². The van der Waals surface area contributed by atoms with Crippen LogP contribution in [0, 0.1) is 0 Å². The summed E-state index contributed by atoms with van der Waals surface area (Å²) in [6, 6.07) is 12.2. The summed E-state index contributed by atoms with van der Waals surface area (Å²) in [5.41, 5.74) is 1.29. The fourth-order valence-electron chi connectivity index (χ4n) is 4.11. The summed E-state index contributed by atoms with van der Waals surface area (Å²) >= 11 is 6.26. The molecule has 0 unspecified atom stereocenters. The fraction of sp³-hybridized carbons (Fsp3) is 0.435. The van der Waals surface area contributed by atoms with E-state index in [0.29, 0.717) is 26.3 Å². The van der Waals surface area contributed by atoms with E-state index in [9.17, 15) is 13.2 Å². The topological polar surface area (TPSA) is 88.2 Å². The van der Waals surface area contributed by atoms with Gasteiger partial charge >= 0.3 is 0 Å². The summed E-state index contributed by atoms with van der Waals surface area (Å²) < 4.78 is 37.7. The van der Waals surface area contributed by atoms with Crippen molar-refractivity contribution in [3.05, 3.63) is 53.1 Å². The van der Waals surface area contributed by atoms with E-state index >= 15 is 0 Å². The van der Waals surface area contributed by atoms with Crippen molar-refractivity contribution in [1.82, 2.24) is 9.62 Å². The first kappa shape index (κ1) is 23.8. The number of halogens is 1. The lowest BCUT2D eigenvalue weighted by molar-refractivity contribution is 0.0730. The lowest BCUT2D eigenvalue weighted by atomic mass is 10.0. The first-order valence-electron chi connectivity index (χ1n) is 11.0. The minimum Gasteiger partial charge on any atom is -0.497 e. The highest BCUT2D eigenvalue weighted by molar-refractivity contribution is 7.89. The molecule has 4 rings (SSSR count). The van der Waals surface area contributed by atoms with E-state index in [4.69, 9.17) is 21.1 Å². The fourth-order valence-corrected chi connectivity index (χ4v) is 5.75. The summed E-state index contributed by atoms with van der Waals surface area (Å²) in [5.74, 6) is 0.456. The molecule has 2 heterocycles. The minimum atomic E-state index is -3.71. The van der Waals surface area contributed by atoms with Crippen LogP contribution in [0.25, 0.3) is 0 Å². The molecule has 2 aliphatic rings. The quantitative estimate of drug-likeness (QED) is 0.665. The molecule has 2 aromatic rings. The molecule has 2 aliphatic heterocycles. The number of piperidine rings is 1. The highest BCUT2D eigenvalue weighted by Gasteiger charge is 2.28. The third-order valence-electron chi connectivity index (χ3n) is 6.06. The molecular formula is C23H28ClN3O5S. The Balaban J connectivity index is 1.40. The maximum absolute atomic E-state index is 13.0. The second kappa shape index (κ2) is 10.3. The van der Waals surface area contributed by atoms with E-state index in [1.165, 1.54) is 22.5 Å². The van der Waals surface area contributed by atoms with Gasteiger partial charge in [-0.2, -0.15) is 4.31 Å². The van der Waals surface area contributed by atoms with Gasteiger partial charge in [0.2, 0.25) is 10.0 Å². The van der Waals surface area contributed by atoms with Gasteiger partial charge in [0, 0.05) is 37.9 Å². The van der Waals surface area contributed by atoms with E-state index in [0.717, 1.165) is 37.4 Å². The van der Waals surface area contributed by atoms with E-state index in [-0.39, 0.29) is 27.4 Å². The van der Waals surface area contributed by atoms with Gasteiger partial charge in [-0.3, -0.25) is 4.79 Å². The monoisotopic (exact) mass is 493 g/mol. The zero-order chi connectivity index (χ0) is 23.4. The van der Waals surface area contributed by atoms with Gasteiger partial charge in [-0.1, -0.05) is 11.6 Å². The van der Waals surface area contributed by atoms with Crippen LogP contribution in [0.1, 0.15) is 23.2 Å². The van der Waals surface area contributed by atoms with Crippen molar-refractivity contribution in [2.24, 2.45) is 0 Å². The average Bonchev–Trinajstić information content (AvgIpc) is 2.85. The highest BCUT2D eigenvalue weighted by Crippen LogP contribution is 2.26. The van der Waals surface area contributed by atoms with Crippen molar-refractivity contribution >= 4 is 33.2 Å². The van der Waals surface area contributed by atoms with Gasteiger partial charge < -0.3 is 19.7 Å². The largest absolute Gasteiger partial charge is 0.497 e. The van der Waals surface area contributed by atoms with Gasteiger partial charge in [0.05, 0.1) is 35.8 Å². The minimum absolute atomic E-state index is 0.0115.